The molecule has 0 aliphatic carbocycles. The van der Waals surface area contributed by atoms with Gasteiger partial charge in [-0.3, -0.25) is 0 Å². The van der Waals surface area contributed by atoms with Crippen LogP contribution in [0.2, 0.25) is 30.7 Å². The lowest BCUT2D eigenvalue weighted by molar-refractivity contribution is 0.0602. The predicted octanol–water partition coefficient (Wildman–Crippen LogP) is 5.71. The van der Waals surface area contributed by atoms with Crippen molar-refractivity contribution >= 4 is 69.0 Å². The van der Waals surface area contributed by atoms with Gasteiger partial charge in [-0.1, -0.05) is 31.2 Å². The highest BCUT2D eigenvalue weighted by atomic mass is 79.9. The van der Waals surface area contributed by atoms with Gasteiger partial charge in [0.25, 0.3) is 0 Å². The highest BCUT2D eigenvalue weighted by Crippen LogP contribution is 2.43. The SMILES string of the molecule is CN1/C(=N/C(=O)OC(C)(C)C)N[C@](C)(c2sc(-c3c(Br)ncn3COCC[Si](C)(C)C)cc2Cl)CS1(=O)=O. The van der Waals surface area contributed by atoms with E-state index in [1.165, 1.54) is 18.4 Å². The number of nitrogens with one attached hydrogen (secondary N) is 1. The van der Waals surface area contributed by atoms with Crippen LogP contribution in [-0.4, -0.2) is 67.4 Å². The number of guanidine groups is 1. The molecule has 1 N–H and O–H groups in total. The summed E-state index contributed by atoms with van der Waals surface area (Å²) < 4.78 is 40.8. The van der Waals surface area contributed by atoms with Gasteiger partial charge in [0.05, 0.1) is 38.1 Å². The average Bonchev–Trinajstić information content (AvgIpc) is 3.29. The molecule has 0 unspecified atom stereocenters. The number of sulfonamides is 1. The van der Waals surface area contributed by atoms with E-state index in [2.05, 4.69) is 50.9 Å². The van der Waals surface area contributed by atoms with Crippen LogP contribution in [0, 0.1) is 0 Å². The molecule has 1 aliphatic heterocycles. The zero-order valence-corrected chi connectivity index (χ0v) is 27.9. The van der Waals surface area contributed by atoms with Crippen molar-refractivity contribution in [1.29, 1.82) is 0 Å². The molecule has 1 fully saturated rings. The Morgan fingerprint density at radius 3 is 2.63 bits per heavy atom. The Morgan fingerprint density at radius 2 is 2.03 bits per heavy atom. The number of hydrogen-bond donors (Lipinski definition) is 1. The van der Waals surface area contributed by atoms with E-state index in [4.69, 9.17) is 21.1 Å². The Kier molecular flexibility index (Phi) is 9.16. The third-order valence-electron chi connectivity index (χ3n) is 5.61. The molecule has 15 heteroatoms. The minimum Gasteiger partial charge on any atom is -0.442 e. The molecule has 38 heavy (non-hydrogen) atoms. The van der Waals surface area contributed by atoms with E-state index in [0.29, 0.717) is 27.8 Å². The van der Waals surface area contributed by atoms with Crippen LogP contribution in [0.3, 0.4) is 0 Å². The minimum atomic E-state index is -3.82. The number of ether oxygens (including phenoxy) is 2. The largest absolute Gasteiger partial charge is 0.442 e. The van der Waals surface area contributed by atoms with Gasteiger partial charge in [-0.25, -0.2) is 22.5 Å². The summed E-state index contributed by atoms with van der Waals surface area (Å²) in [5, 5.41) is 3.50. The molecule has 1 aliphatic rings. The summed E-state index contributed by atoms with van der Waals surface area (Å²) in [6, 6.07) is 2.83. The van der Waals surface area contributed by atoms with Gasteiger partial charge in [0.15, 0.2) is 0 Å². The first kappa shape index (κ1) is 31.1. The van der Waals surface area contributed by atoms with E-state index in [1.54, 1.807) is 40.1 Å². The maximum Gasteiger partial charge on any atom is 0.437 e. The van der Waals surface area contributed by atoms with Crippen LogP contribution in [0.25, 0.3) is 10.6 Å². The van der Waals surface area contributed by atoms with Crippen molar-refractivity contribution < 1.29 is 22.7 Å². The first-order chi connectivity index (χ1) is 17.3. The van der Waals surface area contributed by atoms with Crippen LogP contribution in [0.1, 0.15) is 32.6 Å². The molecule has 3 rings (SSSR count). The van der Waals surface area contributed by atoms with Crippen LogP contribution >= 0.6 is 38.9 Å². The molecule has 0 spiro atoms. The molecule has 0 radical (unpaired) electrons. The summed E-state index contributed by atoms with van der Waals surface area (Å²) in [5.41, 5.74) is -1.16. The van der Waals surface area contributed by atoms with Crippen molar-refractivity contribution in [2.45, 2.75) is 71.3 Å². The lowest BCUT2D eigenvalue weighted by Crippen LogP contribution is -2.61. The lowest BCUT2D eigenvalue weighted by atomic mass is 10.0. The number of aliphatic imine (C=N–C) groups is 1. The monoisotopic (exact) mass is 667 g/mol. The number of rotatable bonds is 7. The summed E-state index contributed by atoms with van der Waals surface area (Å²) in [4.78, 5) is 22.0. The normalized spacial score (nSPS) is 21.0. The third kappa shape index (κ3) is 7.60. The summed E-state index contributed by atoms with van der Waals surface area (Å²) in [6.07, 6.45) is 0.790. The quantitative estimate of drug-likeness (QED) is 0.297. The van der Waals surface area contributed by atoms with Crippen LogP contribution in [-0.2, 0) is 31.8 Å². The lowest BCUT2D eigenvalue weighted by Gasteiger charge is -2.39. The number of carbonyl (C=O) groups is 1. The number of carbonyl (C=O) groups excluding carboxylic acids is 1. The van der Waals surface area contributed by atoms with Gasteiger partial charge in [0, 0.05) is 21.7 Å². The number of halogens is 2. The maximum absolute atomic E-state index is 13.1. The van der Waals surface area contributed by atoms with E-state index < -0.39 is 35.3 Å². The molecule has 2 aromatic heterocycles. The molecule has 1 atom stereocenters. The number of nitrogens with zero attached hydrogens (tertiary/aromatic N) is 4. The van der Waals surface area contributed by atoms with Crippen molar-refractivity contribution in [3.8, 4) is 10.6 Å². The molecule has 212 valence electrons. The maximum atomic E-state index is 13.1. The molecule has 0 saturated carbocycles. The first-order valence-electron chi connectivity index (χ1n) is 12.0. The molecule has 0 bridgehead atoms. The number of amides is 1. The highest BCUT2D eigenvalue weighted by Gasteiger charge is 2.45. The average molecular weight is 669 g/mol. The van der Waals surface area contributed by atoms with Crippen LogP contribution in [0.4, 0.5) is 4.79 Å². The van der Waals surface area contributed by atoms with Crippen molar-refractivity contribution in [1.82, 2.24) is 19.2 Å². The molecular weight excluding hydrogens is 634 g/mol. The fourth-order valence-electron chi connectivity index (χ4n) is 3.65. The molecule has 10 nitrogen and oxygen atoms in total. The molecule has 2 aromatic rings. The number of aromatic nitrogens is 2. The van der Waals surface area contributed by atoms with Crippen LogP contribution in [0.15, 0.2) is 22.0 Å². The molecule has 3 heterocycles. The van der Waals surface area contributed by atoms with Crippen LogP contribution in [0.5, 0.6) is 0 Å². The Balaban J connectivity index is 1.93. The van der Waals surface area contributed by atoms with Crippen molar-refractivity contribution in [3.63, 3.8) is 0 Å². The van der Waals surface area contributed by atoms with E-state index in [9.17, 15) is 13.2 Å². The fraction of sp³-hybridized carbons (Fsp3) is 0.609. The topological polar surface area (TPSA) is 115 Å². The predicted molar refractivity (Wildman–Crippen MR) is 158 cm³/mol. The Hall–Kier alpha value is -1.45. The second kappa shape index (κ2) is 11.2. The summed E-state index contributed by atoms with van der Waals surface area (Å²) in [6.45, 7) is 14.7. The summed E-state index contributed by atoms with van der Waals surface area (Å²) >= 11 is 11.6. The Labute approximate surface area is 243 Å². The number of imidazole rings is 1. The highest BCUT2D eigenvalue weighted by molar-refractivity contribution is 9.10. The number of hydrogen-bond acceptors (Lipinski definition) is 7. The molecular formula is C23H35BrClN5O5S2Si. The third-order valence-corrected chi connectivity index (χ3v) is 11.7. The summed E-state index contributed by atoms with van der Waals surface area (Å²) in [5.74, 6) is -0.426. The molecule has 0 aromatic carbocycles. The van der Waals surface area contributed by atoms with Crippen molar-refractivity contribution in [2.24, 2.45) is 4.99 Å². The van der Waals surface area contributed by atoms with Crippen molar-refractivity contribution in [3.05, 3.63) is 26.9 Å². The van der Waals surface area contributed by atoms with E-state index >= 15 is 0 Å². The molecule has 1 saturated heterocycles. The standard InChI is InChI=1S/C23H35BrClN5O5S2Si/c1-22(2,3)35-21(31)27-20-28-23(4,12-37(32,33)29(20)5)18-15(25)11-16(36-18)17-19(24)26-13-30(17)14-34-9-10-38(6,7)8/h11,13H,9-10,12,14H2,1-8H3,(H,27,28,31)/t23-/m0/s1. The van der Waals surface area contributed by atoms with Gasteiger partial charge in [-0.15, -0.1) is 16.3 Å². The zero-order valence-electron chi connectivity index (χ0n) is 22.9. The van der Waals surface area contributed by atoms with E-state index in [0.717, 1.165) is 20.9 Å². The fourth-order valence-corrected chi connectivity index (χ4v) is 8.36. The van der Waals surface area contributed by atoms with Crippen LogP contribution < -0.4 is 5.32 Å². The first-order valence-corrected chi connectivity index (χ1v) is 19.3. The second-order valence-corrected chi connectivity index (χ2v) is 21.4. The van der Waals surface area contributed by atoms with E-state index in [1.807, 2.05) is 4.57 Å². The van der Waals surface area contributed by atoms with Gasteiger partial charge < -0.3 is 19.4 Å². The Bertz CT molecular complexity index is 1330. The minimum absolute atomic E-state index is 0.138. The summed E-state index contributed by atoms with van der Waals surface area (Å²) in [7, 11) is -3.70. The Morgan fingerprint density at radius 1 is 1.37 bits per heavy atom. The number of thiophene rings is 1. The van der Waals surface area contributed by atoms with Gasteiger partial charge in [-0.2, -0.15) is 0 Å². The second-order valence-electron chi connectivity index (χ2n) is 11.6. The van der Waals surface area contributed by atoms with Gasteiger partial charge in [0.2, 0.25) is 16.0 Å². The zero-order chi connectivity index (χ0) is 28.7. The molecule has 1 amide bonds. The smallest absolute Gasteiger partial charge is 0.437 e. The van der Waals surface area contributed by atoms with Gasteiger partial charge in [0.1, 0.15) is 16.9 Å². The van der Waals surface area contributed by atoms with Gasteiger partial charge in [-0.05, 0) is 55.7 Å². The van der Waals surface area contributed by atoms with E-state index in [-0.39, 0.29) is 11.7 Å². The van der Waals surface area contributed by atoms with Crippen molar-refractivity contribution in [2.75, 3.05) is 19.4 Å². The van der Waals surface area contributed by atoms with Gasteiger partial charge >= 0.3 is 6.09 Å².